The van der Waals surface area contributed by atoms with Crippen LogP contribution in [-0.4, -0.2) is 23.2 Å². The van der Waals surface area contributed by atoms with Crippen molar-refractivity contribution in [2.24, 2.45) is 0 Å². The molecule has 1 heterocycles. The molecule has 2 aromatic rings. The summed E-state index contributed by atoms with van der Waals surface area (Å²) in [6.07, 6.45) is 0.758. The normalized spacial score (nSPS) is 12.8. The molecule has 0 spiro atoms. The summed E-state index contributed by atoms with van der Waals surface area (Å²) in [7, 11) is 1.93. The molecule has 0 bridgehead atoms. The zero-order valence-corrected chi connectivity index (χ0v) is 15.1. The van der Waals surface area contributed by atoms with Crippen LogP contribution >= 0.6 is 28.3 Å². The van der Waals surface area contributed by atoms with Crippen molar-refractivity contribution in [1.29, 1.82) is 0 Å². The van der Waals surface area contributed by atoms with Crippen molar-refractivity contribution in [3.05, 3.63) is 46.0 Å². The first-order chi connectivity index (χ1) is 9.43. The molecule has 0 aliphatic heterocycles. The van der Waals surface area contributed by atoms with Gasteiger partial charge < -0.3 is 9.84 Å². The van der Waals surface area contributed by atoms with Crippen LogP contribution in [0.15, 0.2) is 33.3 Å². The SMILES string of the molecule is CNC(C)Cc1noc(C(C)(C)c2cccc(Br)c2)n1.Cl. The fraction of sp³-hybridized carbons (Fsp3) is 0.467. The second kappa shape index (κ2) is 7.38. The van der Waals surface area contributed by atoms with Crippen LogP contribution in [0.3, 0.4) is 0 Å². The first-order valence-electron chi connectivity index (χ1n) is 6.70. The maximum Gasteiger partial charge on any atom is 0.236 e. The van der Waals surface area contributed by atoms with Crippen molar-refractivity contribution in [3.63, 3.8) is 0 Å². The number of likely N-dealkylation sites (N-methyl/N-ethyl adjacent to an activating group) is 1. The Kier molecular flexibility index (Phi) is 6.38. The van der Waals surface area contributed by atoms with E-state index in [0.717, 1.165) is 22.3 Å². The van der Waals surface area contributed by atoms with Crippen LogP contribution in [-0.2, 0) is 11.8 Å². The number of rotatable bonds is 5. The molecule has 1 aromatic carbocycles. The van der Waals surface area contributed by atoms with E-state index in [-0.39, 0.29) is 17.8 Å². The van der Waals surface area contributed by atoms with Gasteiger partial charge in [-0.25, -0.2) is 0 Å². The van der Waals surface area contributed by atoms with Crippen molar-refractivity contribution in [3.8, 4) is 0 Å². The van der Waals surface area contributed by atoms with Crippen molar-refractivity contribution in [1.82, 2.24) is 15.5 Å². The minimum Gasteiger partial charge on any atom is -0.338 e. The van der Waals surface area contributed by atoms with Crippen molar-refractivity contribution in [2.45, 2.75) is 38.6 Å². The van der Waals surface area contributed by atoms with Crippen LogP contribution in [0.4, 0.5) is 0 Å². The number of hydrogen-bond donors (Lipinski definition) is 1. The molecule has 1 aromatic heterocycles. The van der Waals surface area contributed by atoms with Crippen LogP contribution in [0.1, 0.15) is 38.0 Å². The molecule has 1 unspecified atom stereocenters. The Morgan fingerprint density at radius 1 is 1.38 bits per heavy atom. The highest BCUT2D eigenvalue weighted by molar-refractivity contribution is 9.10. The molecule has 6 heteroatoms. The molecule has 1 N–H and O–H groups in total. The van der Waals surface area contributed by atoms with Gasteiger partial charge >= 0.3 is 0 Å². The van der Waals surface area contributed by atoms with E-state index < -0.39 is 0 Å². The summed E-state index contributed by atoms with van der Waals surface area (Å²) in [5.41, 5.74) is 0.835. The number of benzene rings is 1. The van der Waals surface area contributed by atoms with Crippen LogP contribution in [0, 0.1) is 0 Å². The van der Waals surface area contributed by atoms with E-state index in [1.807, 2.05) is 19.2 Å². The van der Waals surface area contributed by atoms with Gasteiger partial charge in [0.1, 0.15) is 0 Å². The first-order valence-corrected chi connectivity index (χ1v) is 7.49. The van der Waals surface area contributed by atoms with Crippen LogP contribution < -0.4 is 5.32 Å². The van der Waals surface area contributed by atoms with Gasteiger partial charge in [-0.15, -0.1) is 12.4 Å². The maximum absolute atomic E-state index is 5.46. The Hall–Kier alpha value is -0.910. The Morgan fingerprint density at radius 3 is 2.71 bits per heavy atom. The molecule has 1 atom stereocenters. The molecular weight excluding hydrogens is 354 g/mol. The smallest absolute Gasteiger partial charge is 0.236 e. The predicted octanol–water partition coefficient (Wildman–Crippen LogP) is 3.73. The second-order valence-corrected chi connectivity index (χ2v) is 6.46. The first kappa shape index (κ1) is 18.1. The Morgan fingerprint density at radius 2 is 2.10 bits per heavy atom. The number of hydrogen-bond acceptors (Lipinski definition) is 4. The summed E-state index contributed by atoms with van der Waals surface area (Å²) in [5, 5.41) is 7.25. The largest absolute Gasteiger partial charge is 0.338 e. The van der Waals surface area contributed by atoms with E-state index in [1.54, 1.807) is 0 Å². The van der Waals surface area contributed by atoms with Gasteiger partial charge in [-0.1, -0.05) is 33.2 Å². The van der Waals surface area contributed by atoms with Gasteiger partial charge in [0.05, 0.1) is 5.41 Å². The van der Waals surface area contributed by atoms with E-state index in [4.69, 9.17) is 4.52 Å². The summed E-state index contributed by atoms with van der Waals surface area (Å²) >= 11 is 3.50. The summed E-state index contributed by atoms with van der Waals surface area (Å²) in [4.78, 5) is 4.54. The lowest BCUT2D eigenvalue weighted by molar-refractivity contribution is 0.328. The average Bonchev–Trinajstić information content (AvgIpc) is 2.87. The quantitative estimate of drug-likeness (QED) is 0.866. The molecule has 0 radical (unpaired) electrons. The molecule has 4 nitrogen and oxygen atoms in total. The molecule has 0 saturated heterocycles. The lowest BCUT2D eigenvalue weighted by Gasteiger charge is -2.20. The van der Waals surface area contributed by atoms with Gasteiger partial charge in [0.15, 0.2) is 5.82 Å². The zero-order chi connectivity index (χ0) is 14.8. The van der Waals surface area contributed by atoms with E-state index >= 15 is 0 Å². The molecule has 116 valence electrons. The number of aromatic nitrogens is 2. The minimum absolute atomic E-state index is 0. The van der Waals surface area contributed by atoms with E-state index in [9.17, 15) is 0 Å². The molecule has 21 heavy (non-hydrogen) atoms. The third kappa shape index (κ3) is 4.28. The molecule has 2 rings (SSSR count). The summed E-state index contributed by atoms with van der Waals surface area (Å²) in [6.45, 7) is 6.27. The van der Waals surface area contributed by atoms with Gasteiger partial charge in [0.25, 0.3) is 0 Å². The summed E-state index contributed by atoms with van der Waals surface area (Å²) in [5.74, 6) is 1.39. The predicted molar refractivity (Wildman–Crippen MR) is 90.0 cm³/mol. The molecule has 0 fully saturated rings. The number of halogens is 2. The van der Waals surface area contributed by atoms with Crippen molar-refractivity contribution in [2.75, 3.05) is 7.05 Å². The van der Waals surface area contributed by atoms with Crippen LogP contribution in [0.2, 0.25) is 0 Å². The van der Waals surface area contributed by atoms with Crippen molar-refractivity contribution >= 4 is 28.3 Å². The third-order valence-electron chi connectivity index (χ3n) is 3.53. The van der Waals surface area contributed by atoms with Crippen LogP contribution in [0.5, 0.6) is 0 Å². The molecule has 0 amide bonds. The molecule has 0 aliphatic carbocycles. The maximum atomic E-state index is 5.46. The average molecular weight is 375 g/mol. The van der Waals surface area contributed by atoms with Crippen molar-refractivity contribution < 1.29 is 4.52 Å². The monoisotopic (exact) mass is 373 g/mol. The highest BCUT2D eigenvalue weighted by Crippen LogP contribution is 2.31. The molecular formula is C15H21BrClN3O. The fourth-order valence-corrected chi connectivity index (χ4v) is 2.37. The fourth-order valence-electron chi connectivity index (χ4n) is 1.97. The second-order valence-electron chi connectivity index (χ2n) is 5.54. The lowest BCUT2D eigenvalue weighted by atomic mass is 9.84. The Labute approximate surface area is 140 Å². The Balaban J connectivity index is 0.00000220. The topological polar surface area (TPSA) is 51.0 Å². The van der Waals surface area contributed by atoms with E-state index in [1.165, 1.54) is 0 Å². The summed E-state index contributed by atoms with van der Waals surface area (Å²) in [6, 6.07) is 8.51. The van der Waals surface area contributed by atoms with E-state index in [2.05, 4.69) is 64.3 Å². The van der Waals surface area contributed by atoms with Gasteiger partial charge in [-0.3, -0.25) is 0 Å². The van der Waals surface area contributed by atoms with E-state index in [0.29, 0.717) is 11.9 Å². The minimum atomic E-state index is -0.308. The van der Waals surface area contributed by atoms with Crippen LogP contribution in [0.25, 0.3) is 0 Å². The summed E-state index contributed by atoms with van der Waals surface area (Å²) < 4.78 is 6.51. The molecule has 0 saturated carbocycles. The highest BCUT2D eigenvalue weighted by atomic mass is 79.9. The Bertz CT molecular complexity index is 586. The third-order valence-corrected chi connectivity index (χ3v) is 4.02. The highest BCUT2D eigenvalue weighted by Gasteiger charge is 2.30. The zero-order valence-electron chi connectivity index (χ0n) is 12.7. The van der Waals surface area contributed by atoms with Gasteiger partial charge in [0, 0.05) is 16.9 Å². The standard InChI is InChI=1S/C15H20BrN3O.ClH/c1-10(17-4)8-13-18-14(20-19-13)15(2,3)11-6-5-7-12(16)9-11;/h5-7,9-10,17H,8H2,1-4H3;1H. The number of nitrogens with zero attached hydrogens (tertiary/aromatic N) is 2. The van der Waals surface area contributed by atoms with Gasteiger partial charge in [0.2, 0.25) is 5.89 Å². The van der Waals surface area contributed by atoms with Gasteiger partial charge in [-0.05, 0) is 45.5 Å². The lowest BCUT2D eigenvalue weighted by Crippen LogP contribution is -2.24. The van der Waals surface area contributed by atoms with Gasteiger partial charge in [-0.2, -0.15) is 4.98 Å². The molecule has 0 aliphatic rings. The number of nitrogens with one attached hydrogen (secondary N) is 1.